The summed E-state index contributed by atoms with van der Waals surface area (Å²) >= 11 is 3.07. The van der Waals surface area contributed by atoms with Gasteiger partial charge in [0.15, 0.2) is 0 Å². The van der Waals surface area contributed by atoms with Crippen molar-refractivity contribution in [3.63, 3.8) is 0 Å². The van der Waals surface area contributed by atoms with E-state index in [9.17, 15) is 14.9 Å². The van der Waals surface area contributed by atoms with E-state index < -0.39 is 10.9 Å². The molecule has 1 heterocycles. The summed E-state index contributed by atoms with van der Waals surface area (Å²) in [4.78, 5) is 22.2. The van der Waals surface area contributed by atoms with E-state index in [1.807, 2.05) is 0 Å². The lowest BCUT2D eigenvalue weighted by molar-refractivity contribution is -0.385. The van der Waals surface area contributed by atoms with Gasteiger partial charge in [-0.3, -0.25) is 10.1 Å². The minimum atomic E-state index is -0.588. The normalized spacial score (nSPS) is 18.6. The molecule has 0 aromatic heterocycles. The minimum Gasteiger partial charge on any atom is -0.459 e. The summed E-state index contributed by atoms with van der Waals surface area (Å²) in [7, 11) is 0. The highest BCUT2D eigenvalue weighted by molar-refractivity contribution is 9.10. The molecule has 6 nitrogen and oxygen atoms in total. The molecule has 0 saturated carbocycles. The molecule has 0 N–H and O–H groups in total. The predicted molar refractivity (Wildman–Crippen MR) is 74.7 cm³/mol. The summed E-state index contributed by atoms with van der Waals surface area (Å²) in [5.74, 6) is -0.588. The highest BCUT2D eigenvalue weighted by Gasteiger charge is 2.22. The van der Waals surface area contributed by atoms with Crippen LogP contribution in [0.5, 0.6) is 0 Å². The first-order valence-corrected chi connectivity index (χ1v) is 7.10. The number of carbonyl (C=O) groups is 1. The minimum absolute atomic E-state index is 0.0785. The van der Waals surface area contributed by atoms with Crippen LogP contribution >= 0.6 is 15.9 Å². The average Bonchev–Trinajstić information content (AvgIpc) is 2.46. The largest absolute Gasteiger partial charge is 0.459 e. The number of esters is 1. The van der Waals surface area contributed by atoms with Crippen LogP contribution in [0.15, 0.2) is 22.7 Å². The third kappa shape index (κ3) is 3.55. The molecule has 0 bridgehead atoms. The summed E-state index contributed by atoms with van der Waals surface area (Å²) in [5, 5.41) is 10.8. The molecule has 1 aromatic carbocycles. The van der Waals surface area contributed by atoms with Gasteiger partial charge < -0.3 is 9.47 Å². The molecule has 0 radical (unpaired) electrons. The van der Waals surface area contributed by atoms with Crippen LogP contribution < -0.4 is 0 Å². The number of hydrogen-bond donors (Lipinski definition) is 0. The molecule has 7 heteroatoms. The van der Waals surface area contributed by atoms with Crippen molar-refractivity contribution >= 4 is 27.6 Å². The standard InChI is InChI=1S/C13H14BrNO5/c14-12-10(5-3-6-11(12)15(17)18)13(16)20-8-9-4-1-2-7-19-9/h3,5-6,9H,1-2,4,7-8H2. The summed E-state index contributed by atoms with van der Waals surface area (Å²) in [5.41, 5.74) is -0.0108. The maximum absolute atomic E-state index is 12.0. The van der Waals surface area contributed by atoms with Gasteiger partial charge in [0.05, 0.1) is 16.6 Å². The van der Waals surface area contributed by atoms with Crippen molar-refractivity contribution in [3.8, 4) is 0 Å². The van der Waals surface area contributed by atoms with Crippen LogP contribution in [0, 0.1) is 10.1 Å². The SMILES string of the molecule is O=C(OCC1CCCCO1)c1cccc([N+](=O)[O-])c1Br. The van der Waals surface area contributed by atoms with E-state index in [-0.39, 0.29) is 28.4 Å². The third-order valence-corrected chi connectivity index (χ3v) is 3.90. The van der Waals surface area contributed by atoms with E-state index in [2.05, 4.69) is 15.9 Å². The van der Waals surface area contributed by atoms with Gasteiger partial charge in [0.2, 0.25) is 0 Å². The average molecular weight is 344 g/mol. The molecule has 1 fully saturated rings. The van der Waals surface area contributed by atoms with Gasteiger partial charge in [0, 0.05) is 12.7 Å². The molecule has 1 aliphatic heterocycles. The van der Waals surface area contributed by atoms with Crippen LogP contribution in [-0.2, 0) is 9.47 Å². The lowest BCUT2D eigenvalue weighted by Crippen LogP contribution is -2.26. The summed E-state index contributed by atoms with van der Waals surface area (Å²) in [6.07, 6.45) is 2.87. The van der Waals surface area contributed by atoms with E-state index >= 15 is 0 Å². The molecule has 1 saturated heterocycles. The fourth-order valence-electron chi connectivity index (χ4n) is 2.00. The van der Waals surface area contributed by atoms with Crippen LogP contribution in [0.3, 0.4) is 0 Å². The highest BCUT2D eigenvalue weighted by atomic mass is 79.9. The molecule has 20 heavy (non-hydrogen) atoms. The maximum Gasteiger partial charge on any atom is 0.339 e. The molecular formula is C13H14BrNO5. The second kappa shape index (κ2) is 6.81. The number of carbonyl (C=O) groups excluding carboxylic acids is 1. The number of nitrogens with zero attached hydrogens (tertiary/aromatic N) is 1. The Kier molecular flexibility index (Phi) is 5.08. The van der Waals surface area contributed by atoms with Gasteiger partial charge in [-0.05, 0) is 41.3 Å². The molecule has 1 aliphatic rings. The van der Waals surface area contributed by atoms with Gasteiger partial charge in [0.25, 0.3) is 5.69 Å². The van der Waals surface area contributed by atoms with Crippen molar-refractivity contribution in [2.75, 3.05) is 13.2 Å². The van der Waals surface area contributed by atoms with Gasteiger partial charge in [-0.2, -0.15) is 0 Å². The van der Waals surface area contributed by atoms with Gasteiger partial charge in [-0.1, -0.05) is 6.07 Å². The molecule has 0 aliphatic carbocycles. The highest BCUT2D eigenvalue weighted by Crippen LogP contribution is 2.28. The topological polar surface area (TPSA) is 78.7 Å². The fourth-order valence-corrected chi connectivity index (χ4v) is 2.57. The van der Waals surface area contributed by atoms with Crippen LogP contribution in [0.25, 0.3) is 0 Å². The van der Waals surface area contributed by atoms with E-state index in [4.69, 9.17) is 9.47 Å². The van der Waals surface area contributed by atoms with Gasteiger partial charge in [-0.15, -0.1) is 0 Å². The quantitative estimate of drug-likeness (QED) is 0.476. The first-order chi connectivity index (χ1) is 9.59. The Hall–Kier alpha value is -1.47. The van der Waals surface area contributed by atoms with Gasteiger partial charge in [0.1, 0.15) is 11.1 Å². The van der Waals surface area contributed by atoms with Crippen molar-refractivity contribution in [1.29, 1.82) is 0 Å². The predicted octanol–water partition coefficient (Wildman–Crippen LogP) is 3.08. The lowest BCUT2D eigenvalue weighted by atomic mass is 10.1. The van der Waals surface area contributed by atoms with Crippen LogP contribution in [-0.4, -0.2) is 30.2 Å². The Bertz CT molecular complexity index is 513. The van der Waals surface area contributed by atoms with Gasteiger partial charge >= 0.3 is 5.97 Å². The molecule has 0 spiro atoms. The Balaban J connectivity index is 2.01. The van der Waals surface area contributed by atoms with Crippen molar-refractivity contribution < 1.29 is 19.2 Å². The van der Waals surface area contributed by atoms with Crippen molar-refractivity contribution in [2.45, 2.75) is 25.4 Å². The van der Waals surface area contributed by atoms with Crippen molar-refractivity contribution in [3.05, 3.63) is 38.3 Å². The number of rotatable bonds is 4. The van der Waals surface area contributed by atoms with Crippen molar-refractivity contribution in [1.82, 2.24) is 0 Å². The number of ether oxygens (including phenoxy) is 2. The van der Waals surface area contributed by atoms with Gasteiger partial charge in [-0.25, -0.2) is 4.79 Å². The Morgan fingerprint density at radius 3 is 2.95 bits per heavy atom. The van der Waals surface area contributed by atoms with Crippen LogP contribution in [0.4, 0.5) is 5.69 Å². The lowest BCUT2D eigenvalue weighted by Gasteiger charge is -2.22. The number of hydrogen-bond acceptors (Lipinski definition) is 5. The van der Waals surface area contributed by atoms with Crippen molar-refractivity contribution in [2.24, 2.45) is 0 Å². The summed E-state index contributed by atoms with van der Waals surface area (Å²) in [6.45, 7) is 0.858. The maximum atomic E-state index is 12.0. The molecule has 2 rings (SSSR count). The van der Waals surface area contributed by atoms with Crippen LogP contribution in [0.1, 0.15) is 29.6 Å². The fraction of sp³-hybridized carbons (Fsp3) is 0.462. The van der Waals surface area contributed by atoms with E-state index in [0.717, 1.165) is 19.3 Å². The number of benzene rings is 1. The molecule has 1 aromatic rings. The smallest absolute Gasteiger partial charge is 0.339 e. The van der Waals surface area contributed by atoms with E-state index in [1.54, 1.807) is 0 Å². The summed E-state index contributed by atoms with van der Waals surface area (Å²) < 4.78 is 10.8. The molecule has 1 atom stereocenters. The Morgan fingerprint density at radius 2 is 2.30 bits per heavy atom. The molecule has 1 unspecified atom stereocenters. The van der Waals surface area contributed by atoms with E-state index in [0.29, 0.717) is 6.61 Å². The number of nitro benzene ring substituents is 1. The Labute approximate surface area is 124 Å². The first-order valence-electron chi connectivity index (χ1n) is 6.31. The Morgan fingerprint density at radius 1 is 1.50 bits per heavy atom. The zero-order valence-corrected chi connectivity index (χ0v) is 12.3. The summed E-state index contributed by atoms with van der Waals surface area (Å²) in [6, 6.07) is 4.27. The third-order valence-electron chi connectivity index (χ3n) is 3.07. The van der Waals surface area contributed by atoms with Crippen LogP contribution in [0.2, 0.25) is 0 Å². The molecule has 108 valence electrons. The molecule has 0 amide bonds. The second-order valence-corrected chi connectivity index (χ2v) is 5.28. The van der Waals surface area contributed by atoms with E-state index in [1.165, 1.54) is 18.2 Å². The zero-order valence-electron chi connectivity index (χ0n) is 10.7. The first kappa shape index (κ1) is 14.9. The monoisotopic (exact) mass is 343 g/mol. The number of halogens is 1. The number of nitro groups is 1. The molecular weight excluding hydrogens is 330 g/mol. The second-order valence-electron chi connectivity index (χ2n) is 4.48. The zero-order chi connectivity index (χ0) is 14.5.